The first kappa shape index (κ1) is 18.5. The number of aromatic amines is 1. The zero-order chi connectivity index (χ0) is 19.8. The van der Waals surface area contributed by atoms with Crippen molar-refractivity contribution in [3.05, 3.63) is 59.5 Å². The molecular weight excluding hydrogens is 369 g/mol. The van der Waals surface area contributed by atoms with Crippen LogP contribution in [0, 0.1) is 5.82 Å². The second-order valence-corrected chi connectivity index (χ2v) is 7.96. The Balaban J connectivity index is 1.35. The molecule has 1 unspecified atom stereocenters. The molecule has 5 rings (SSSR count). The number of hydrogen-bond donors (Lipinski definition) is 2. The second kappa shape index (κ2) is 7.35. The molecular formula is C23H26FN3O2. The van der Waals surface area contributed by atoms with E-state index < -0.39 is 0 Å². The van der Waals surface area contributed by atoms with Crippen LogP contribution < -0.4 is 14.8 Å². The van der Waals surface area contributed by atoms with Crippen LogP contribution in [0.4, 0.5) is 4.39 Å². The van der Waals surface area contributed by atoms with Gasteiger partial charge in [0, 0.05) is 48.8 Å². The molecule has 2 N–H and O–H groups in total. The lowest BCUT2D eigenvalue weighted by atomic mass is 9.86. The predicted octanol–water partition coefficient (Wildman–Crippen LogP) is 3.44. The minimum atomic E-state index is -0.327. The van der Waals surface area contributed by atoms with Gasteiger partial charge in [-0.25, -0.2) is 4.39 Å². The zero-order valence-corrected chi connectivity index (χ0v) is 16.6. The van der Waals surface area contributed by atoms with Gasteiger partial charge in [-0.3, -0.25) is 4.90 Å². The average molecular weight is 395 g/mol. The van der Waals surface area contributed by atoms with Crippen LogP contribution in [0.1, 0.15) is 17.7 Å². The van der Waals surface area contributed by atoms with Gasteiger partial charge in [0.15, 0.2) is 11.6 Å². The standard InChI is InChI=1S/C23H26FN3O2/c1-28-21-13-18-17-7-9-25-23(22(17)26-20(18)14-19(21)24)8-10-27(15-23)11-12-29-16-5-3-2-4-6-16/h2-6,13-14,25-26H,7-12,15H2,1H3. The summed E-state index contributed by atoms with van der Waals surface area (Å²) in [6, 6.07) is 13.3. The van der Waals surface area contributed by atoms with Crippen LogP contribution in [0.5, 0.6) is 11.5 Å². The first-order chi connectivity index (χ1) is 14.2. The van der Waals surface area contributed by atoms with Crippen LogP contribution in [0.3, 0.4) is 0 Å². The molecule has 0 saturated carbocycles. The summed E-state index contributed by atoms with van der Waals surface area (Å²) in [5.41, 5.74) is 3.24. The largest absolute Gasteiger partial charge is 0.494 e. The maximum absolute atomic E-state index is 14.2. The van der Waals surface area contributed by atoms with Gasteiger partial charge in [0.25, 0.3) is 0 Å². The molecule has 5 nitrogen and oxygen atoms in total. The molecule has 3 heterocycles. The van der Waals surface area contributed by atoms with Gasteiger partial charge in [-0.1, -0.05) is 18.2 Å². The van der Waals surface area contributed by atoms with Gasteiger partial charge in [0.2, 0.25) is 0 Å². The van der Waals surface area contributed by atoms with Crippen LogP contribution >= 0.6 is 0 Å². The lowest BCUT2D eigenvalue weighted by Crippen LogP contribution is -2.49. The van der Waals surface area contributed by atoms with Crippen molar-refractivity contribution in [1.29, 1.82) is 0 Å². The van der Waals surface area contributed by atoms with E-state index in [1.165, 1.54) is 18.4 Å². The van der Waals surface area contributed by atoms with E-state index in [0.29, 0.717) is 12.4 Å². The first-order valence-corrected chi connectivity index (χ1v) is 10.2. The minimum absolute atomic E-state index is 0.108. The maximum Gasteiger partial charge on any atom is 0.167 e. The van der Waals surface area contributed by atoms with Gasteiger partial charge in [0.1, 0.15) is 12.4 Å². The van der Waals surface area contributed by atoms with Crippen LogP contribution in [-0.2, 0) is 12.0 Å². The van der Waals surface area contributed by atoms with Crippen LogP contribution in [0.25, 0.3) is 10.9 Å². The number of halogens is 1. The number of benzene rings is 2. The van der Waals surface area contributed by atoms with Crippen molar-refractivity contribution in [2.45, 2.75) is 18.4 Å². The highest BCUT2D eigenvalue weighted by atomic mass is 19.1. The van der Waals surface area contributed by atoms with Crippen molar-refractivity contribution in [2.75, 3.05) is 39.9 Å². The molecule has 152 valence electrons. The Kier molecular flexibility index (Phi) is 4.68. The molecule has 1 aromatic heterocycles. The first-order valence-electron chi connectivity index (χ1n) is 10.2. The highest BCUT2D eigenvalue weighted by Crippen LogP contribution is 2.40. The molecule has 2 aliphatic rings. The molecule has 1 atom stereocenters. The van der Waals surface area contributed by atoms with Crippen LogP contribution in [0.2, 0.25) is 0 Å². The van der Waals surface area contributed by atoms with E-state index in [1.54, 1.807) is 6.07 Å². The molecule has 3 aromatic rings. The van der Waals surface area contributed by atoms with E-state index in [4.69, 9.17) is 9.47 Å². The summed E-state index contributed by atoms with van der Waals surface area (Å²) in [5.74, 6) is 0.885. The predicted molar refractivity (Wildman–Crippen MR) is 111 cm³/mol. The molecule has 29 heavy (non-hydrogen) atoms. The normalized spacial score (nSPS) is 21.6. The quantitative estimate of drug-likeness (QED) is 0.695. The molecule has 1 saturated heterocycles. The lowest BCUT2D eigenvalue weighted by molar-refractivity contribution is 0.218. The molecule has 1 spiro atoms. The molecule has 6 heteroatoms. The Morgan fingerprint density at radius 2 is 2.07 bits per heavy atom. The molecule has 2 aromatic carbocycles. The van der Waals surface area contributed by atoms with E-state index in [0.717, 1.165) is 55.7 Å². The van der Waals surface area contributed by atoms with Gasteiger partial charge in [-0.05, 0) is 36.6 Å². The summed E-state index contributed by atoms with van der Waals surface area (Å²) in [4.78, 5) is 5.97. The fourth-order valence-corrected chi connectivity index (χ4v) is 4.83. The summed E-state index contributed by atoms with van der Waals surface area (Å²) in [6.07, 6.45) is 1.96. The SMILES string of the molecule is COc1cc2c3c([nH]c2cc1F)C1(CCN(CCOc2ccccc2)C1)NCC3. The van der Waals surface area contributed by atoms with Crippen LogP contribution in [0.15, 0.2) is 42.5 Å². The number of para-hydroxylation sites is 1. The van der Waals surface area contributed by atoms with E-state index >= 15 is 0 Å². The van der Waals surface area contributed by atoms with E-state index in [9.17, 15) is 4.39 Å². The van der Waals surface area contributed by atoms with Gasteiger partial charge in [0.05, 0.1) is 12.6 Å². The van der Waals surface area contributed by atoms with Crippen molar-refractivity contribution in [3.8, 4) is 11.5 Å². The maximum atomic E-state index is 14.2. The van der Waals surface area contributed by atoms with E-state index in [1.807, 2.05) is 36.4 Å². The van der Waals surface area contributed by atoms with Crippen molar-refractivity contribution >= 4 is 10.9 Å². The van der Waals surface area contributed by atoms with Gasteiger partial charge in [-0.15, -0.1) is 0 Å². The number of nitrogens with zero attached hydrogens (tertiary/aromatic N) is 1. The van der Waals surface area contributed by atoms with Crippen LogP contribution in [-0.4, -0.2) is 49.8 Å². The van der Waals surface area contributed by atoms with Gasteiger partial charge >= 0.3 is 0 Å². The Morgan fingerprint density at radius 1 is 1.21 bits per heavy atom. The van der Waals surface area contributed by atoms with E-state index in [-0.39, 0.29) is 11.4 Å². The molecule has 0 bridgehead atoms. The van der Waals surface area contributed by atoms with Crippen molar-refractivity contribution < 1.29 is 13.9 Å². The summed E-state index contributed by atoms with van der Waals surface area (Å²) in [5, 5.41) is 4.83. The zero-order valence-electron chi connectivity index (χ0n) is 16.6. The number of H-pyrrole nitrogens is 1. The number of rotatable bonds is 5. The van der Waals surface area contributed by atoms with Crippen molar-refractivity contribution in [2.24, 2.45) is 0 Å². The fraction of sp³-hybridized carbons (Fsp3) is 0.391. The number of fused-ring (bicyclic) bond motifs is 4. The fourth-order valence-electron chi connectivity index (χ4n) is 4.83. The molecule has 0 aliphatic carbocycles. The summed E-state index contributed by atoms with van der Waals surface area (Å²) in [7, 11) is 1.51. The molecule has 0 amide bonds. The van der Waals surface area contributed by atoms with Crippen molar-refractivity contribution in [3.63, 3.8) is 0 Å². The third kappa shape index (κ3) is 3.26. The third-order valence-corrected chi connectivity index (χ3v) is 6.26. The monoisotopic (exact) mass is 395 g/mol. The Morgan fingerprint density at radius 3 is 2.90 bits per heavy atom. The van der Waals surface area contributed by atoms with Gasteiger partial charge < -0.3 is 19.8 Å². The second-order valence-electron chi connectivity index (χ2n) is 7.96. The lowest BCUT2D eigenvalue weighted by Gasteiger charge is -2.35. The summed E-state index contributed by atoms with van der Waals surface area (Å²) >= 11 is 0. The molecule has 2 aliphatic heterocycles. The highest BCUT2D eigenvalue weighted by Gasteiger charge is 2.44. The Labute approximate surface area is 169 Å². The Hall–Kier alpha value is -2.57. The highest BCUT2D eigenvalue weighted by molar-refractivity contribution is 5.87. The van der Waals surface area contributed by atoms with Crippen molar-refractivity contribution in [1.82, 2.24) is 15.2 Å². The topological polar surface area (TPSA) is 49.5 Å². The number of methoxy groups -OCH3 is 1. The number of hydrogen-bond acceptors (Lipinski definition) is 4. The number of ether oxygens (including phenoxy) is 2. The Bertz CT molecular complexity index is 1020. The summed E-state index contributed by atoms with van der Waals surface area (Å²) < 4.78 is 25.3. The molecule has 1 fully saturated rings. The average Bonchev–Trinajstić information content (AvgIpc) is 3.31. The van der Waals surface area contributed by atoms with Gasteiger partial charge in [-0.2, -0.15) is 0 Å². The molecule has 0 radical (unpaired) electrons. The van der Waals surface area contributed by atoms with E-state index in [2.05, 4.69) is 15.2 Å². The number of nitrogens with one attached hydrogen (secondary N) is 2. The number of likely N-dealkylation sites (tertiary alicyclic amines) is 1. The third-order valence-electron chi connectivity index (χ3n) is 6.26. The smallest absolute Gasteiger partial charge is 0.167 e. The summed E-state index contributed by atoms with van der Waals surface area (Å²) in [6.45, 7) is 4.41. The number of aromatic nitrogens is 1. The minimum Gasteiger partial charge on any atom is -0.494 e.